The minimum atomic E-state index is -0.259. The van der Waals surface area contributed by atoms with E-state index < -0.39 is 0 Å². The number of rotatable bonds is 6. The van der Waals surface area contributed by atoms with Crippen molar-refractivity contribution in [3.63, 3.8) is 0 Å². The first-order valence-corrected chi connectivity index (χ1v) is 10.1. The van der Waals surface area contributed by atoms with E-state index in [-0.39, 0.29) is 17.4 Å². The Morgan fingerprint density at radius 3 is 2.74 bits per heavy atom. The van der Waals surface area contributed by atoms with E-state index in [0.717, 1.165) is 44.6 Å². The Labute approximate surface area is 159 Å². The van der Waals surface area contributed by atoms with Gasteiger partial charge in [0.1, 0.15) is 0 Å². The van der Waals surface area contributed by atoms with Gasteiger partial charge in [-0.2, -0.15) is 4.98 Å². The molecule has 0 atom stereocenters. The lowest BCUT2D eigenvalue weighted by molar-refractivity contribution is 0.226. The number of nitrogens with zero attached hydrogens (tertiary/aromatic N) is 2. The summed E-state index contributed by atoms with van der Waals surface area (Å²) in [5, 5.41) is 13.4. The number of benzene rings is 1. The molecule has 27 heavy (non-hydrogen) atoms. The Bertz CT molecular complexity index is 856. The molecule has 144 valence electrons. The monoisotopic (exact) mass is 368 g/mol. The van der Waals surface area contributed by atoms with Crippen molar-refractivity contribution >= 4 is 11.6 Å². The van der Waals surface area contributed by atoms with E-state index in [1.54, 1.807) is 0 Å². The van der Waals surface area contributed by atoms with Crippen LogP contribution in [-0.4, -0.2) is 39.6 Å². The van der Waals surface area contributed by atoms with Gasteiger partial charge in [0.15, 0.2) is 0 Å². The van der Waals surface area contributed by atoms with Crippen LogP contribution >= 0.6 is 0 Å². The van der Waals surface area contributed by atoms with Gasteiger partial charge in [0, 0.05) is 5.69 Å². The van der Waals surface area contributed by atoms with E-state index in [4.69, 9.17) is 0 Å². The molecule has 6 nitrogen and oxygen atoms in total. The molecular formula is C21H28N4O2. The van der Waals surface area contributed by atoms with Crippen LogP contribution in [0.3, 0.4) is 0 Å². The molecule has 2 aliphatic rings. The summed E-state index contributed by atoms with van der Waals surface area (Å²) in [5.41, 5.74) is 3.75. The van der Waals surface area contributed by atoms with E-state index >= 15 is 0 Å². The van der Waals surface area contributed by atoms with Crippen LogP contribution in [0.5, 0.6) is 5.88 Å². The van der Waals surface area contributed by atoms with Gasteiger partial charge in [-0.25, -0.2) is 0 Å². The quantitative estimate of drug-likeness (QED) is 0.730. The summed E-state index contributed by atoms with van der Waals surface area (Å²) < 4.78 is 0. The fourth-order valence-electron chi connectivity index (χ4n) is 4.22. The van der Waals surface area contributed by atoms with Crippen molar-refractivity contribution in [2.45, 2.75) is 51.4 Å². The van der Waals surface area contributed by atoms with E-state index in [9.17, 15) is 9.90 Å². The maximum Gasteiger partial charge on any atom is 0.259 e. The Kier molecular flexibility index (Phi) is 5.43. The third-order valence-corrected chi connectivity index (χ3v) is 5.70. The van der Waals surface area contributed by atoms with Crippen LogP contribution in [0.4, 0.5) is 11.6 Å². The lowest BCUT2D eigenvalue weighted by Crippen LogP contribution is -2.31. The van der Waals surface area contributed by atoms with Crippen molar-refractivity contribution in [1.82, 2.24) is 14.9 Å². The van der Waals surface area contributed by atoms with Gasteiger partial charge in [-0.15, -0.1) is 0 Å². The number of H-pyrrole nitrogens is 1. The van der Waals surface area contributed by atoms with E-state index in [0.29, 0.717) is 12.0 Å². The first-order valence-electron chi connectivity index (χ1n) is 10.1. The number of aromatic amines is 1. The predicted molar refractivity (Wildman–Crippen MR) is 107 cm³/mol. The highest BCUT2D eigenvalue weighted by Crippen LogP contribution is 2.26. The summed E-state index contributed by atoms with van der Waals surface area (Å²) in [6, 6.07) is 6.22. The number of hydrogen-bond acceptors (Lipinski definition) is 5. The first-order chi connectivity index (χ1) is 13.2. The number of nitrogens with one attached hydrogen (secondary N) is 2. The summed E-state index contributed by atoms with van der Waals surface area (Å²) >= 11 is 0. The van der Waals surface area contributed by atoms with Gasteiger partial charge in [-0.05, 0) is 87.8 Å². The fraction of sp³-hybridized carbons (Fsp3) is 0.524. The molecule has 4 rings (SSSR count). The Balaban J connectivity index is 1.40. The van der Waals surface area contributed by atoms with Gasteiger partial charge in [0.05, 0.1) is 5.56 Å². The predicted octanol–water partition coefficient (Wildman–Crippen LogP) is 3.13. The number of aryl methyl sites for hydroxylation is 2. The number of aromatic nitrogens is 2. The SMILES string of the molecule is O=c1[nH]c(Nc2ccc3c(c2)CCC3)nc(O)c1CCCN1CCCCC1. The second-order valence-electron chi connectivity index (χ2n) is 7.68. The first kappa shape index (κ1) is 18.0. The summed E-state index contributed by atoms with van der Waals surface area (Å²) in [7, 11) is 0. The van der Waals surface area contributed by atoms with Crippen LogP contribution in [0.15, 0.2) is 23.0 Å². The number of hydrogen-bond donors (Lipinski definition) is 3. The summed E-state index contributed by atoms with van der Waals surface area (Å²) in [4.78, 5) is 21.8. The van der Waals surface area contributed by atoms with Crippen LogP contribution in [0.1, 0.15) is 48.8 Å². The van der Waals surface area contributed by atoms with Crippen LogP contribution in [0, 0.1) is 0 Å². The molecule has 0 bridgehead atoms. The van der Waals surface area contributed by atoms with E-state index in [1.807, 2.05) is 6.07 Å². The third kappa shape index (κ3) is 4.33. The zero-order chi connectivity index (χ0) is 18.6. The van der Waals surface area contributed by atoms with Crippen molar-refractivity contribution in [1.29, 1.82) is 0 Å². The summed E-state index contributed by atoms with van der Waals surface area (Å²) in [5.74, 6) is 0.122. The minimum Gasteiger partial charge on any atom is -0.493 e. The third-order valence-electron chi connectivity index (χ3n) is 5.70. The van der Waals surface area contributed by atoms with Gasteiger partial charge in [-0.3, -0.25) is 9.78 Å². The number of piperidine rings is 1. The molecule has 1 aliphatic heterocycles. The topological polar surface area (TPSA) is 81.2 Å². The standard InChI is InChI=1S/C21H28N4O2/c26-19-18(8-5-13-25-11-2-1-3-12-25)20(27)24-21(23-19)22-17-10-9-15-6-4-7-16(15)14-17/h9-10,14H,1-8,11-13H2,(H3,22,23,24,26,27). The van der Waals surface area contributed by atoms with Crippen molar-refractivity contribution in [3.8, 4) is 5.88 Å². The Hall–Kier alpha value is -2.34. The molecule has 0 spiro atoms. The van der Waals surface area contributed by atoms with E-state index in [1.165, 1.54) is 36.8 Å². The van der Waals surface area contributed by atoms with Crippen LogP contribution in [0.25, 0.3) is 0 Å². The number of aromatic hydroxyl groups is 1. The smallest absolute Gasteiger partial charge is 0.259 e. The second kappa shape index (κ2) is 8.13. The van der Waals surface area contributed by atoms with E-state index in [2.05, 4.69) is 32.3 Å². The Morgan fingerprint density at radius 1 is 1.11 bits per heavy atom. The highest BCUT2D eigenvalue weighted by Gasteiger charge is 2.15. The molecule has 1 aromatic carbocycles. The maximum absolute atomic E-state index is 12.4. The number of fused-ring (bicyclic) bond motifs is 1. The van der Waals surface area contributed by atoms with Crippen LogP contribution in [-0.2, 0) is 19.3 Å². The van der Waals surface area contributed by atoms with Crippen molar-refractivity contribution in [2.75, 3.05) is 25.0 Å². The van der Waals surface area contributed by atoms with Gasteiger partial charge in [0.2, 0.25) is 11.8 Å². The summed E-state index contributed by atoms with van der Waals surface area (Å²) in [6.45, 7) is 3.25. The van der Waals surface area contributed by atoms with Gasteiger partial charge >= 0.3 is 0 Å². The Morgan fingerprint density at radius 2 is 1.93 bits per heavy atom. The zero-order valence-corrected chi connectivity index (χ0v) is 15.8. The highest BCUT2D eigenvalue weighted by molar-refractivity contribution is 5.57. The second-order valence-corrected chi connectivity index (χ2v) is 7.68. The molecule has 1 aliphatic carbocycles. The highest BCUT2D eigenvalue weighted by atomic mass is 16.3. The zero-order valence-electron chi connectivity index (χ0n) is 15.8. The molecule has 1 fully saturated rings. The lowest BCUT2D eigenvalue weighted by atomic mass is 10.1. The van der Waals surface area contributed by atoms with Crippen molar-refractivity contribution in [3.05, 3.63) is 45.2 Å². The summed E-state index contributed by atoms with van der Waals surface area (Å²) in [6.07, 6.45) is 8.67. The minimum absolute atomic E-state index is 0.166. The fourth-order valence-corrected chi connectivity index (χ4v) is 4.22. The molecule has 1 aromatic heterocycles. The number of likely N-dealkylation sites (tertiary alicyclic amines) is 1. The normalized spacial score (nSPS) is 17.0. The van der Waals surface area contributed by atoms with Crippen LogP contribution in [0.2, 0.25) is 0 Å². The molecule has 6 heteroatoms. The molecule has 1 saturated heterocycles. The number of anilines is 2. The van der Waals surface area contributed by atoms with Gasteiger partial charge in [0.25, 0.3) is 5.56 Å². The lowest BCUT2D eigenvalue weighted by Gasteiger charge is -2.26. The molecule has 0 radical (unpaired) electrons. The molecular weight excluding hydrogens is 340 g/mol. The largest absolute Gasteiger partial charge is 0.493 e. The molecule has 3 N–H and O–H groups in total. The van der Waals surface area contributed by atoms with Gasteiger partial charge in [-0.1, -0.05) is 12.5 Å². The molecule has 0 amide bonds. The van der Waals surface area contributed by atoms with Crippen molar-refractivity contribution < 1.29 is 5.11 Å². The maximum atomic E-state index is 12.4. The average Bonchev–Trinajstić information content (AvgIpc) is 3.13. The molecule has 0 unspecified atom stereocenters. The molecule has 2 heterocycles. The molecule has 0 saturated carbocycles. The van der Waals surface area contributed by atoms with Crippen LogP contribution < -0.4 is 10.9 Å². The van der Waals surface area contributed by atoms with Crippen molar-refractivity contribution in [2.24, 2.45) is 0 Å². The average molecular weight is 368 g/mol. The molecule has 2 aromatic rings. The van der Waals surface area contributed by atoms with Gasteiger partial charge < -0.3 is 15.3 Å².